The number of carbonyl (C=O) groups is 1. The van der Waals surface area contributed by atoms with Crippen molar-refractivity contribution in [3.63, 3.8) is 0 Å². The zero-order chi connectivity index (χ0) is 8.43. The first kappa shape index (κ1) is 8.27. The number of rotatable bonds is 2. The van der Waals surface area contributed by atoms with E-state index in [1.54, 1.807) is 4.90 Å². The molecule has 3 heteroatoms. The van der Waals surface area contributed by atoms with Crippen molar-refractivity contribution in [2.24, 2.45) is 5.73 Å². The number of carbonyl (C=O) groups excluding carboxylic acids is 1. The Morgan fingerprint density at radius 3 is 2.91 bits per heavy atom. The summed E-state index contributed by atoms with van der Waals surface area (Å²) in [5.41, 5.74) is 6.61. The van der Waals surface area contributed by atoms with E-state index in [9.17, 15) is 4.79 Å². The third kappa shape index (κ3) is 2.05. The van der Waals surface area contributed by atoms with Gasteiger partial charge in [-0.1, -0.05) is 12.2 Å². The van der Waals surface area contributed by atoms with E-state index in [4.69, 9.17) is 5.73 Å². The molecule has 1 rings (SSSR count). The van der Waals surface area contributed by atoms with Crippen molar-refractivity contribution in [3.05, 3.63) is 12.2 Å². The number of likely N-dealkylation sites (tertiary alicyclic amines) is 1. The molecule has 0 radical (unpaired) electrons. The first-order chi connectivity index (χ1) is 5.09. The SMILES string of the molecule is C=C(C)CN1CC(N)CC1=O. The van der Waals surface area contributed by atoms with E-state index in [0.717, 1.165) is 5.57 Å². The van der Waals surface area contributed by atoms with Crippen LogP contribution in [0.15, 0.2) is 12.2 Å². The van der Waals surface area contributed by atoms with Crippen LogP contribution in [0.4, 0.5) is 0 Å². The maximum atomic E-state index is 11.1. The summed E-state index contributed by atoms with van der Waals surface area (Å²) in [5, 5.41) is 0. The summed E-state index contributed by atoms with van der Waals surface area (Å²) in [6, 6.07) is 0.0295. The zero-order valence-electron chi connectivity index (χ0n) is 6.84. The van der Waals surface area contributed by atoms with Crippen molar-refractivity contribution in [1.82, 2.24) is 4.90 Å². The minimum absolute atomic E-state index is 0.0295. The van der Waals surface area contributed by atoms with Crippen molar-refractivity contribution in [2.75, 3.05) is 13.1 Å². The highest BCUT2D eigenvalue weighted by Crippen LogP contribution is 2.09. The van der Waals surface area contributed by atoms with Crippen molar-refractivity contribution in [2.45, 2.75) is 19.4 Å². The van der Waals surface area contributed by atoms with Crippen molar-refractivity contribution < 1.29 is 4.79 Å². The average molecular weight is 154 g/mol. The maximum absolute atomic E-state index is 11.1. The van der Waals surface area contributed by atoms with E-state index in [2.05, 4.69) is 6.58 Å². The molecule has 0 aromatic heterocycles. The number of hydrogen-bond donors (Lipinski definition) is 1. The minimum atomic E-state index is 0.0295. The van der Waals surface area contributed by atoms with Crippen LogP contribution in [0.2, 0.25) is 0 Å². The van der Waals surface area contributed by atoms with Crippen LogP contribution in [0.3, 0.4) is 0 Å². The molecule has 1 aliphatic heterocycles. The smallest absolute Gasteiger partial charge is 0.224 e. The summed E-state index contributed by atoms with van der Waals surface area (Å²) < 4.78 is 0. The van der Waals surface area contributed by atoms with Gasteiger partial charge in [0.25, 0.3) is 0 Å². The Kier molecular flexibility index (Phi) is 2.29. The van der Waals surface area contributed by atoms with Gasteiger partial charge in [0, 0.05) is 25.6 Å². The van der Waals surface area contributed by atoms with Gasteiger partial charge in [-0.3, -0.25) is 4.79 Å². The molecule has 0 bridgehead atoms. The fraction of sp³-hybridized carbons (Fsp3) is 0.625. The summed E-state index contributed by atoms with van der Waals surface area (Å²) in [6.45, 7) is 7.00. The van der Waals surface area contributed by atoms with Crippen LogP contribution in [-0.2, 0) is 4.79 Å². The van der Waals surface area contributed by atoms with Crippen LogP contribution in [0.25, 0.3) is 0 Å². The molecule has 62 valence electrons. The molecule has 1 amide bonds. The summed E-state index contributed by atoms with van der Waals surface area (Å²) >= 11 is 0. The Bertz CT molecular complexity index is 189. The molecule has 11 heavy (non-hydrogen) atoms. The normalized spacial score (nSPS) is 24.4. The predicted molar refractivity (Wildman–Crippen MR) is 44.0 cm³/mol. The van der Waals surface area contributed by atoms with E-state index in [1.807, 2.05) is 6.92 Å². The maximum Gasteiger partial charge on any atom is 0.224 e. The monoisotopic (exact) mass is 154 g/mol. The lowest BCUT2D eigenvalue weighted by atomic mass is 10.3. The van der Waals surface area contributed by atoms with Crippen LogP contribution in [-0.4, -0.2) is 29.9 Å². The second kappa shape index (κ2) is 3.05. The second-order valence-electron chi connectivity index (χ2n) is 3.20. The molecular formula is C8H14N2O. The highest BCUT2D eigenvalue weighted by molar-refractivity contribution is 5.79. The van der Waals surface area contributed by atoms with Crippen LogP contribution in [0, 0.1) is 0 Å². The molecule has 1 aliphatic rings. The average Bonchev–Trinajstić information content (AvgIpc) is 2.09. The lowest BCUT2D eigenvalue weighted by molar-refractivity contribution is -0.127. The molecule has 1 fully saturated rings. The van der Waals surface area contributed by atoms with Crippen LogP contribution < -0.4 is 5.73 Å². The molecule has 0 aromatic carbocycles. The number of hydrogen-bond acceptors (Lipinski definition) is 2. The third-order valence-corrected chi connectivity index (χ3v) is 1.71. The largest absolute Gasteiger partial charge is 0.337 e. The van der Waals surface area contributed by atoms with Gasteiger partial charge in [0.05, 0.1) is 0 Å². The second-order valence-corrected chi connectivity index (χ2v) is 3.20. The number of nitrogens with zero attached hydrogens (tertiary/aromatic N) is 1. The molecular weight excluding hydrogens is 140 g/mol. The standard InChI is InChI=1S/C8H14N2O/c1-6(2)4-10-5-7(9)3-8(10)11/h7H,1,3-5,9H2,2H3. The van der Waals surface area contributed by atoms with Gasteiger partial charge < -0.3 is 10.6 Å². The molecule has 0 aliphatic carbocycles. The molecule has 0 saturated carbocycles. The third-order valence-electron chi connectivity index (χ3n) is 1.71. The lowest BCUT2D eigenvalue weighted by Crippen LogP contribution is -2.29. The topological polar surface area (TPSA) is 46.3 Å². The zero-order valence-corrected chi connectivity index (χ0v) is 6.84. The summed E-state index contributed by atoms with van der Waals surface area (Å²) in [6.07, 6.45) is 0.493. The molecule has 1 atom stereocenters. The van der Waals surface area contributed by atoms with Gasteiger partial charge in [-0.25, -0.2) is 0 Å². The van der Waals surface area contributed by atoms with Crippen molar-refractivity contribution in [3.8, 4) is 0 Å². The van der Waals surface area contributed by atoms with E-state index < -0.39 is 0 Å². The van der Waals surface area contributed by atoms with E-state index in [1.165, 1.54) is 0 Å². The van der Waals surface area contributed by atoms with Gasteiger partial charge in [0.2, 0.25) is 5.91 Å². The fourth-order valence-electron chi connectivity index (χ4n) is 1.28. The van der Waals surface area contributed by atoms with Gasteiger partial charge >= 0.3 is 0 Å². The molecule has 3 nitrogen and oxygen atoms in total. The molecule has 1 heterocycles. The van der Waals surface area contributed by atoms with E-state index in [-0.39, 0.29) is 11.9 Å². The Balaban J connectivity index is 2.47. The van der Waals surface area contributed by atoms with Gasteiger partial charge in [-0.2, -0.15) is 0 Å². The molecule has 1 saturated heterocycles. The van der Waals surface area contributed by atoms with Crippen LogP contribution >= 0.6 is 0 Å². The van der Waals surface area contributed by atoms with E-state index in [0.29, 0.717) is 19.5 Å². The Morgan fingerprint density at radius 1 is 1.91 bits per heavy atom. The Morgan fingerprint density at radius 2 is 2.55 bits per heavy atom. The van der Waals surface area contributed by atoms with Crippen LogP contribution in [0.5, 0.6) is 0 Å². The van der Waals surface area contributed by atoms with Crippen molar-refractivity contribution >= 4 is 5.91 Å². The highest BCUT2D eigenvalue weighted by atomic mass is 16.2. The predicted octanol–water partition coefficient (Wildman–Crippen LogP) is 0.122. The van der Waals surface area contributed by atoms with Crippen LogP contribution in [0.1, 0.15) is 13.3 Å². The van der Waals surface area contributed by atoms with E-state index >= 15 is 0 Å². The quantitative estimate of drug-likeness (QED) is 0.574. The first-order valence-electron chi connectivity index (χ1n) is 3.77. The molecule has 0 spiro atoms. The summed E-state index contributed by atoms with van der Waals surface area (Å²) in [7, 11) is 0. The summed E-state index contributed by atoms with van der Waals surface area (Å²) in [5.74, 6) is 0.153. The number of amides is 1. The molecule has 1 unspecified atom stereocenters. The Labute approximate surface area is 66.9 Å². The Hall–Kier alpha value is -0.830. The summed E-state index contributed by atoms with van der Waals surface area (Å²) in [4.78, 5) is 12.9. The first-order valence-corrected chi connectivity index (χ1v) is 3.77. The molecule has 2 N–H and O–H groups in total. The van der Waals surface area contributed by atoms with Gasteiger partial charge in [0.15, 0.2) is 0 Å². The number of nitrogens with two attached hydrogens (primary N) is 1. The van der Waals surface area contributed by atoms with Crippen molar-refractivity contribution in [1.29, 1.82) is 0 Å². The fourth-order valence-corrected chi connectivity index (χ4v) is 1.28. The minimum Gasteiger partial charge on any atom is -0.337 e. The van der Waals surface area contributed by atoms with Gasteiger partial charge in [-0.15, -0.1) is 0 Å². The highest BCUT2D eigenvalue weighted by Gasteiger charge is 2.26. The lowest BCUT2D eigenvalue weighted by Gasteiger charge is -2.14. The molecule has 0 aromatic rings. The van der Waals surface area contributed by atoms with Gasteiger partial charge in [-0.05, 0) is 6.92 Å². The van der Waals surface area contributed by atoms with Gasteiger partial charge in [0.1, 0.15) is 0 Å².